The largest absolute Gasteiger partial charge is 0.308 e. The van der Waals surface area contributed by atoms with Crippen molar-refractivity contribution in [2.24, 2.45) is 0 Å². The molecule has 0 bridgehead atoms. The lowest BCUT2D eigenvalue weighted by molar-refractivity contribution is 1.02. The van der Waals surface area contributed by atoms with E-state index in [0.717, 1.165) is 37.9 Å². The summed E-state index contributed by atoms with van der Waals surface area (Å²) < 4.78 is 7.14. The van der Waals surface area contributed by atoms with Crippen LogP contribution in [0.3, 0.4) is 0 Å². The van der Waals surface area contributed by atoms with Gasteiger partial charge in [-0.3, -0.25) is 4.57 Å². The van der Waals surface area contributed by atoms with E-state index in [1.165, 1.54) is 64.3 Å². The molecule has 5 heterocycles. The Hall–Kier alpha value is -6.30. The summed E-state index contributed by atoms with van der Waals surface area (Å²) in [5.74, 6) is 0.689. The summed E-state index contributed by atoms with van der Waals surface area (Å²) in [5.41, 5.74) is 8.98. The van der Waals surface area contributed by atoms with Gasteiger partial charge in [-0.25, -0.2) is 9.97 Å². The zero-order valence-electron chi connectivity index (χ0n) is 26.1. The van der Waals surface area contributed by atoms with E-state index in [0.29, 0.717) is 5.95 Å². The number of rotatable bonds is 2. The number of aromatic nitrogens is 4. The third kappa shape index (κ3) is 3.27. The van der Waals surface area contributed by atoms with Crippen molar-refractivity contribution in [3.8, 4) is 17.2 Å². The molecule has 49 heavy (non-hydrogen) atoms. The Morgan fingerprint density at radius 1 is 0.469 bits per heavy atom. The first kappa shape index (κ1) is 25.7. The third-order valence-electron chi connectivity index (χ3n) is 10.4. The van der Waals surface area contributed by atoms with Crippen molar-refractivity contribution >= 4 is 102 Å². The predicted molar refractivity (Wildman–Crippen MR) is 207 cm³/mol. The van der Waals surface area contributed by atoms with E-state index < -0.39 is 0 Å². The minimum absolute atomic E-state index is 0.689. The zero-order valence-corrected chi connectivity index (χ0v) is 26.9. The normalized spacial score (nSPS) is 12.5. The quantitative estimate of drug-likeness (QED) is 0.188. The number of hydrogen-bond donors (Lipinski definition) is 0. The molecule has 0 aliphatic rings. The second-order valence-electron chi connectivity index (χ2n) is 13.0. The van der Waals surface area contributed by atoms with Gasteiger partial charge in [0.15, 0.2) is 0 Å². The van der Waals surface area contributed by atoms with E-state index >= 15 is 0 Å². The van der Waals surface area contributed by atoms with Crippen LogP contribution in [0.2, 0.25) is 0 Å². The molecule has 0 N–H and O–H groups in total. The van der Waals surface area contributed by atoms with Crippen molar-refractivity contribution in [1.29, 1.82) is 0 Å². The Bertz CT molecular complexity index is 3330. The molecule has 0 radical (unpaired) electrons. The van der Waals surface area contributed by atoms with Crippen molar-refractivity contribution in [3.63, 3.8) is 0 Å². The molecule has 0 saturated carbocycles. The highest BCUT2D eigenvalue weighted by atomic mass is 32.1. The second-order valence-corrected chi connectivity index (χ2v) is 14.0. The highest BCUT2D eigenvalue weighted by Crippen LogP contribution is 2.47. The zero-order chi connectivity index (χ0) is 31.8. The Morgan fingerprint density at radius 2 is 1.14 bits per heavy atom. The minimum Gasteiger partial charge on any atom is -0.308 e. The van der Waals surface area contributed by atoms with Gasteiger partial charge in [0.25, 0.3) is 0 Å². The summed E-state index contributed by atoms with van der Waals surface area (Å²) in [5, 5.41) is 11.1. The minimum atomic E-state index is 0.689. The SMILES string of the molecule is c1ccc(-c2nc(-n3c4ccccc4c4cc5c6cc7ccccc7cc6n6c7ccccc7c(c43)c56)nc3c2sc2ccccc23)cc1. The topological polar surface area (TPSA) is 35.1 Å². The number of benzene rings is 7. The maximum Gasteiger partial charge on any atom is 0.235 e. The first-order valence-electron chi connectivity index (χ1n) is 16.6. The lowest BCUT2D eigenvalue weighted by Gasteiger charge is -2.11. The smallest absolute Gasteiger partial charge is 0.235 e. The van der Waals surface area contributed by atoms with Gasteiger partial charge in [0, 0.05) is 48.0 Å². The van der Waals surface area contributed by atoms with E-state index in [2.05, 4.69) is 155 Å². The fourth-order valence-electron chi connectivity index (χ4n) is 8.37. The van der Waals surface area contributed by atoms with Crippen LogP contribution in [-0.2, 0) is 0 Å². The van der Waals surface area contributed by atoms with Crippen LogP contribution >= 0.6 is 11.3 Å². The molecule has 4 nitrogen and oxygen atoms in total. The van der Waals surface area contributed by atoms with E-state index in [-0.39, 0.29) is 0 Å². The number of thiophene rings is 1. The predicted octanol–water partition coefficient (Wildman–Crippen LogP) is 11.9. The number of para-hydroxylation sites is 2. The molecular weight excluding hydrogens is 617 g/mol. The Labute approximate surface area is 283 Å². The lowest BCUT2D eigenvalue weighted by atomic mass is 10.0. The molecule has 7 aromatic carbocycles. The first-order chi connectivity index (χ1) is 24.3. The van der Waals surface area contributed by atoms with Crippen LogP contribution in [0.1, 0.15) is 0 Å². The second kappa shape index (κ2) is 9.19. The first-order valence-corrected chi connectivity index (χ1v) is 17.4. The molecule has 0 atom stereocenters. The van der Waals surface area contributed by atoms with E-state index in [4.69, 9.17) is 9.97 Å². The average molecular weight is 641 g/mol. The lowest BCUT2D eigenvalue weighted by Crippen LogP contribution is -2.03. The van der Waals surface area contributed by atoms with Crippen LogP contribution in [-0.4, -0.2) is 18.9 Å². The number of fused-ring (bicyclic) bond motifs is 14. The Kier molecular flexibility index (Phi) is 4.83. The van der Waals surface area contributed by atoms with Crippen molar-refractivity contribution in [3.05, 3.63) is 146 Å². The summed E-state index contributed by atoms with van der Waals surface area (Å²) in [4.78, 5) is 10.9. The molecule has 0 aliphatic heterocycles. The van der Waals surface area contributed by atoms with Crippen LogP contribution in [0.15, 0.2) is 146 Å². The molecule has 5 heteroatoms. The monoisotopic (exact) mass is 640 g/mol. The highest BCUT2D eigenvalue weighted by Gasteiger charge is 2.26. The van der Waals surface area contributed by atoms with E-state index in [1.54, 1.807) is 11.3 Å². The summed E-state index contributed by atoms with van der Waals surface area (Å²) in [6.45, 7) is 0. The van der Waals surface area contributed by atoms with E-state index in [1.807, 2.05) is 0 Å². The van der Waals surface area contributed by atoms with Crippen molar-refractivity contribution in [2.75, 3.05) is 0 Å². The molecule has 0 unspecified atom stereocenters. The molecular formula is C44H24N4S. The molecule has 0 spiro atoms. The van der Waals surface area contributed by atoms with Crippen LogP contribution in [0.25, 0.3) is 108 Å². The highest BCUT2D eigenvalue weighted by molar-refractivity contribution is 7.26. The fraction of sp³-hybridized carbons (Fsp3) is 0. The van der Waals surface area contributed by atoms with Crippen molar-refractivity contribution in [1.82, 2.24) is 18.9 Å². The average Bonchev–Trinajstić information content (AvgIpc) is 3.89. The van der Waals surface area contributed by atoms with Gasteiger partial charge in [0.1, 0.15) is 0 Å². The maximum absolute atomic E-state index is 5.47. The van der Waals surface area contributed by atoms with Gasteiger partial charge in [0.2, 0.25) is 5.95 Å². The van der Waals surface area contributed by atoms with Gasteiger partial charge >= 0.3 is 0 Å². The van der Waals surface area contributed by atoms with E-state index in [9.17, 15) is 0 Å². The Balaban J connectivity index is 1.32. The van der Waals surface area contributed by atoms with Crippen LogP contribution < -0.4 is 0 Å². The fourth-order valence-corrected chi connectivity index (χ4v) is 9.52. The van der Waals surface area contributed by atoms with Crippen LogP contribution in [0.5, 0.6) is 0 Å². The molecule has 226 valence electrons. The molecule has 12 aromatic rings. The number of hydrogen-bond acceptors (Lipinski definition) is 3. The van der Waals surface area contributed by atoms with Crippen LogP contribution in [0, 0.1) is 0 Å². The van der Waals surface area contributed by atoms with Gasteiger partial charge < -0.3 is 4.40 Å². The third-order valence-corrected chi connectivity index (χ3v) is 11.6. The summed E-state index contributed by atoms with van der Waals surface area (Å²) in [7, 11) is 0. The maximum atomic E-state index is 5.47. The van der Waals surface area contributed by atoms with Gasteiger partial charge in [-0.2, -0.15) is 0 Å². The Morgan fingerprint density at radius 3 is 2.00 bits per heavy atom. The standard InChI is InChI=1S/C44H24N4S/c1-2-12-25(13-3-1)39-43-40(30-18-8-11-21-37(30)49-43)46-44(45-39)48-34-19-9-6-16-28(34)32-24-33-31-22-26-14-4-5-15-27(26)23-36(31)47-35-20-10-7-17-29(35)38(41(33)47)42(32)48/h1-24H. The molecule has 0 amide bonds. The summed E-state index contributed by atoms with van der Waals surface area (Å²) >= 11 is 1.77. The summed E-state index contributed by atoms with van der Waals surface area (Å²) in [6.07, 6.45) is 0. The molecule has 5 aromatic heterocycles. The number of nitrogens with zero attached hydrogens (tertiary/aromatic N) is 4. The van der Waals surface area contributed by atoms with Crippen molar-refractivity contribution < 1.29 is 0 Å². The molecule has 0 aliphatic carbocycles. The summed E-state index contributed by atoms with van der Waals surface area (Å²) in [6, 6.07) is 52.6. The van der Waals surface area contributed by atoms with Crippen LogP contribution in [0.4, 0.5) is 0 Å². The van der Waals surface area contributed by atoms with Crippen molar-refractivity contribution in [2.45, 2.75) is 0 Å². The molecule has 0 saturated heterocycles. The molecule has 12 rings (SSSR count). The van der Waals surface area contributed by atoms with Gasteiger partial charge in [0.05, 0.1) is 43.5 Å². The van der Waals surface area contributed by atoms with Gasteiger partial charge in [-0.1, -0.05) is 109 Å². The molecule has 0 fully saturated rings. The van der Waals surface area contributed by atoms with Gasteiger partial charge in [-0.15, -0.1) is 11.3 Å². The van der Waals surface area contributed by atoms with Gasteiger partial charge in [-0.05, 0) is 47.2 Å².